The number of aliphatic imine (C=N–C) groups is 1. The molecule has 1 aromatic carbocycles. The fourth-order valence-corrected chi connectivity index (χ4v) is 3.11. The summed E-state index contributed by atoms with van der Waals surface area (Å²) in [5, 5.41) is 6.35. The van der Waals surface area contributed by atoms with Crippen LogP contribution in [0.5, 0.6) is 17.2 Å². The molecule has 0 saturated carbocycles. The summed E-state index contributed by atoms with van der Waals surface area (Å²) in [6.45, 7) is 4.41. The molecule has 0 aromatic heterocycles. The fourth-order valence-electron chi connectivity index (χ4n) is 3.11. The van der Waals surface area contributed by atoms with Crippen LogP contribution in [-0.2, 0) is 11.2 Å². The van der Waals surface area contributed by atoms with Gasteiger partial charge in [-0.2, -0.15) is 0 Å². The zero-order valence-corrected chi connectivity index (χ0v) is 16.9. The Morgan fingerprint density at radius 1 is 1.26 bits per heavy atom. The SMILES string of the molecule is CNC1=C(/N=C\Cc2cc(OC)c(OC)c(OC)c2)NCC1C(=O)C(C)C. The van der Waals surface area contributed by atoms with Crippen LogP contribution in [0.2, 0.25) is 0 Å². The van der Waals surface area contributed by atoms with Crippen LogP contribution in [0.25, 0.3) is 0 Å². The monoisotopic (exact) mass is 375 g/mol. The predicted molar refractivity (Wildman–Crippen MR) is 106 cm³/mol. The second kappa shape index (κ2) is 9.30. The van der Waals surface area contributed by atoms with Crippen LogP contribution < -0.4 is 24.8 Å². The number of ether oxygens (including phenoxy) is 3. The van der Waals surface area contributed by atoms with Gasteiger partial charge < -0.3 is 24.8 Å². The first-order valence-corrected chi connectivity index (χ1v) is 8.97. The number of ketones is 1. The molecule has 1 aliphatic heterocycles. The van der Waals surface area contributed by atoms with Crippen molar-refractivity contribution in [2.24, 2.45) is 16.8 Å². The summed E-state index contributed by atoms with van der Waals surface area (Å²) in [7, 11) is 6.58. The molecule has 0 fully saturated rings. The predicted octanol–water partition coefficient (Wildman–Crippen LogP) is 2.16. The molecule has 27 heavy (non-hydrogen) atoms. The molecule has 0 bridgehead atoms. The first kappa shape index (κ1) is 20.6. The van der Waals surface area contributed by atoms with E-state index in [0.29, 0.717) is 36.0 Å². The Morgan fingerprint density at radius 2 is 1.89 bits per heavy atom. The molecule has 7 heteroatoms. The summed E-state index contributed by atoms with van der Waals surface area (Å²) in [5.41, 5.74) is 1.82. The highest BCUT2D eigenvalue weighted by atomic mass is 16.5. The van der Waals surface area contributed by atoms with Gasteiger partial charge >= 0.3 is 0 Å². The Bertz CT molecular complexity index is 716. The van der Waals surface area contributed by atoms with Gasteiger partial charge in [-0.15, -0.1) is 0 Å². The molecule has 0 radical (unpaired) electrons. The largest absolute Gasteiger partial charge is 0.493 e. The Hall–Kier alpha value is -2.70. The maximum absolute atomic E-state index is 12.4. The number of nitrogens with zero attached hydrogens (tertiary/aromatic N) is 1. The molecule has 2 N–H and O–H groups in total. The van der Waals surface area contributed by atoms with E-state index in [4.69, 9.17) is 14.2 Å². The molecule has 1 aromatic rings. The van der Waals surface area contributed by atoms with Crippen LogP contribution in [0.3, 0.4) is 0 Å². The lowest BCUT2D eigenvalue weighted by atomic mass is 9.94. The third-order valence-corrected chi connectivity index (χ3v) is 4.53. The van der Waals surface area contributed by atoms with E-state index in [0.717, 1.165) is 11.3 Å². The molecule has 0 saturated heterocycles. The smallest absolute Gasteiger partial charge is 0.203 e. The average molecular weight is 375 g/mol. The molecule has 1 unspecified atom stereocenters. The molecule has 1 aliphatic rings. The van der Waals surface area contributed by atoms with Crippen LogP contribution >= 0.6 is 0 Å². The Kier molecular flexibility index (Phi) is 7.10. The third-order valence-electron chi connectivity index (χ3n) is 4.53. The van der Waals surface area contributed by atoms with Gasteiger partial charge in [0.15, 0.2) is 11.5 Å². The summed E-state index contributed by atoms with van der Waals surface area (Å²) in [6.07, 6.45) is 2.39. The van der Waals surface area contributed by atoms with E-state index in [1.54, 1.807) is 21.3 Å². The van der Waals surface area contributed by atoms with E-state index in [-0.39, 0.29) is 17.6 Å². The van der Waals surface area contributed by atoms with Crippen LogP contribution in [-0.4, -0.2) is 46.9 Å². The lowest BCUT2D eigenvalue weighted by Crippen LogP contribution is -2.28. The Labute approximate surface area is 160 Å². The summed E-state index contributed by atoms with van der Waals surface area (Å²) >= 11 is 0. The summed E-state index contributed by atoms with van der Waals surface area (Å²) in [5.74, 6) is 2.51. The Balaban J connectivity index is 2.19. The van der Waals surface area contributed by atoms with Crippen molar-refractivity contribution in [3.05, 3.63) is 29.2 Å². The number of benzene rings is 1. The standard InChI is InChI=1S/C20H29N3O4/c1-12(2)18(24)14-11-23-20(17(14)21-3)22-8-7-13-9-15(25-4)19(27-6)16(10-13)26-5/h8-10,12,14,21,23H,7,11H2,1-6H3/b22-8-. The van der Waals surface area contributed by atoms with Crippen LogP contribution in [0, 0.1) is 11.8 Å². The van der Waals surface area contributed by atoms with Crippen molar-refractivity contribution in [2.75, 3.05) is 34.9 Å². The van der Waals surface area contributed by atoms with E-state index >= 15 is 0 Å². The van der Waals surface area contributed by atoms with Gasteiger partial charge in [0.2, 0.25) is 5.75 Å². The molecule has 1 heterocycles. The third kappa shape index (κ3) is 4.53. The number of methoxy groups -OCH3 is 3. The second-order valence-electron chi connectivity index (χ2n) is 6.55. The highest BCUT2D eigenvalue weighted by Gasteiger charge is 2.31. The molecule has 0 amide bonds. The number of carbonyl (C=O) groups excluding carboxylic acids is 1. The van der Waals surface area contributed by atoms with Crippen molar-refractivity contribution in [1.29, 1.82) is 0 Å². The molecule has 0 aliphatic carbocycles. The second-order valence-corrected chi connectivity index (χ2v) is 6.55. The van der Waals surface area contributed by atoms with Gasteiger partial charge in [0.1, 0.15) is 11.6 Å². The van der Waals surface area contributed by atoms with Gasteiger partial charge in [-0.3, -0.25) is 4.79 Å². The van der Waals surface area contributed by atoms with Crippen molar-refractivity contribution < 1.29 is 19.0 Å². The van der Waals surface area contributed by atoms with E-state index in [1.165, 1.54) is 0 Å². The number of rotatable bonds is 9. The maximum atomic E-state index is 12.4. The summed E-state index contributed by atoms with van der Waals surface area (Å²) < 4.78 is 16.1. The zero-order valence-electron chi connectivity index (χ0n) is 16.9. The number of carbonyl (C=O) groups is 1. The molecule has 2 rings (SSSR count). The van der Waals surface area contributed by atoms with E-state index in [1.807, 2.05) is 39.2 Å². The molecular formula is C20H29N3O4. The van der Waals surface area contributed by atoms with E-state index in [9.17, 15) is 4.79 Å². The fraction of sp³-hybridized carbons (Fsp3) is 0.500. The number of nitrogens with one attached hydrogen (secondary N) is 2. The van der Waals surface area contributed by atoms with Crippen molar-refractivity contribution in [3.8, 4) is 17.2 Å². The molecule has 0 spiro atoms. The van der Waals surface area contributed by atoms with Crippen molar-refractivity contribution in [1.82, 2.24) is 10.6 Å². The minimum absolute atomic E-state index is 0.0114. The first-order valence-electron chi connectivity index (χ1n) is 8.97. The Morgan fingerprint density at radius 3 is 2.37 bits per heavy atom. The van der Waals surface area contributed by atoms with Gasteiger partial charge in [-0.05, 0) is 17.7 Å². The topological polar surface area (TPSA) is 81.2 Å². The van der Waals surface area contributed by atoms with Crippen LogP contribution in [0.4, 0.5) is 0 Å². The normalized spacial score (nSPS) is 16.6. The summed E-state index contributed by atoms with van der Waals surface area (Å²) in [4.78, 5) is 16.9. The average Bonchev–Trinajstić information content (AvgIpc) is 3.08. The molecule has 1 atom stereocenters. The van der Waals surface area contributed by atoms with Crippen molar-refractivity contribution in [2.45, 2.75) is 20.3 Å². The molecular weight excluding hydrogens is 346 g/mol. The quantitative estimate of drug-likeness (QED) is 0.644. The van der Waals surface area contributed by atoms with E-state index < -0.39 is 0 Å². The minimum Gasteiger partial charge on any atom is -0.493 e. The molecule has 148 valence electrons. The van der Waals surface area contributed by atoms with Gasteiger partial charge in [0, 0.05) is 32.1 Å². The molecule has 7 nitrogen and oxygen atoms in total. The van der Waals surface area contributed by atoms with Crippen LogP contribution in [0.1, 0.15) is 19.4 Å². The maximum Gasteiger partial charge on any atom is 0.203 e. The number of hydrogen-bond acceptors (Lipinski definition) is 7. The lowest BCUT2D eigenvalue weighted by molar-refractivity contribution is -0.124. The van der Waals surface area contributed by atoms with Gasteiger partial charge in [0.25, 0.3) is 0 Å². The van der Waals surface area contributed by atoms with Gasteiger partial charge in [-0.1, -0.05) is 13.8 Å². The highest BCUT2D eigenvalue weighted by molar-refractivity contribution is 5.86. The summed E-state index contributed by atoms with van der Waals surface area (Å²) in [6, 6.07) is 3.79. The van der Waals surface area contributed by atoms with Gasteiger partial charge in [0.05, 0.1) is 32.9 Å². The minimum atomic E-state index is -0.177. The number of Topliss-reactive ketones (excluding diaryl/α,β-unsaturated/α-hetero) is 1. The van der Waals surface area contributed by atoms with Crippen LogP contribution in [0.15, 0.2) is 28.6 Å². The number of hydrogen-bond donors (Lipinski definition) is 2. The van der Waals surface area contributed by atoms with Crippen molar-refractivity contribution >= 4 is 12.0 Å². The lowest BCUT2D eigenvalue weighted by Gasteiger charge is -2.14. The zero-order chi connectivity index (χ0) is 20.0. The highest BCUT2D eigenvalue weighted by Crippen LogP contribution is 2.38. The van der Waals surface area contributed by atoms with Gasteiger partial charge in [-0.25, -0.2) is 4.99 Å². The van der Waals surface area contributed by atoms with Crippen molar-refractivity contribution in [3.63, 3.8) is 0 Å². The first-order chi connectivity index (χ1) is 13.0. The van der Waals surface area contributed by atoms with E-state index in [2.05, 4.69) is 15.6 Å².